The summed E-state index contributed by atoms with van der Waals surface area (Å²) in [5.41, 5.74) is 2.77. The lowest BCUT2D eigenvalue weighted by Gasteiger charge is -2.25. The first-order valence-electron chi connectivity index (χ1n) is 10.4. The third kappa shape index (κ3) is 5.87. The molecule has 5 nitrogen and oxygen atoms in total. The first-order valence-corrected chi connectivity index (χ1v) is 10.4. The molecule has 4 rings (SSSR count). The molecule has 33 heavy (non-hydrogen) atoms. The van der Waals surface area contributed by atoms with Crippen LogP contribution in [-0.4, -0.2) is 40.2 Å². The van der Waals surface area contributed by atoms with E-state index in [1.165, 1.54) is 24.3 Å². The van der Waals surface area contributed by atoms with Crippen LogP contribution in [-0.2, 0) is 17.5 Å². The van der Waals surface area contributed by atoms with E-state index in [-0.39, 0.29) is 24.8 Å². The molecule has 0 saturated heterocycles. The van der Waals surface area contributed by atoms with Crippen molar-refractivity contribution in [2.24, 2.45) is 0 Å². The van der Waals surface area contributed by atoms with Crippen LogP contribution in [0.4, 0.5) is 17.6 Å². The van der Waals surface area contributed by atoms with E-state index in [2.05, 4.69) is 16.5 Å². The van der Waals surface area contributed by atoms with E-state index in [4.69, 9.17) is 0 Å². The molecule has 1 aliphatic heterocycles. The molecule has 0 saturated carbocycles. The van der Waals surface area contributed by atoms with Crippen LogP contribution in [0.3, 0.4) is 0 Å². The number of benzene rings is 2. The Bertz CT molecular complexity index is 1130. The second kappa shape index (κ2) is 9.58. The molecule has 0 aliphatic carbocycles. The zero-order valence-corrected chi connectivity index (χ0v) is 17.6. The molecule has 1 aromatic heterocycles. The molecule has 0 unspecified atom stereocenters. The predicted octanol–water partition coefficient (Wildman–Crippen LogP) is 4.44. The minimum atomic E-state index is -4.37. The number of hydrogen-bond acceptors (Lipinski definition) is 3. The molecule has 0 spiro atoms. The Kier molecular flexibility index (Phi) is 6.60. The summed E-state index contributed by atoms with van der Waals surface area (Å²) >= 11 is 0. The Morgan fingerprint density at radius 1 is 1.06 bits per heavy atom. The van der Waals surface area contributed by atoms with E-state index in [0.717, 1.165) is 35.4 Å². The van der Waals surface area contributed by atoms with Crippen LogP contribution in [0.25, 0.3) is 11.3 Å². The Morgan fingerprint density at radius 3 is 2.42 bits per heavy atom. The number of hydrogen-bond donors (Lipinski definition) is 1. The van der Waals surface area contributed by atoms with Gasteiger partial charge in [0.1, 0.15) is 5.82 Å². The normalized spacial score (nSPS) is 14.7. The third-order valence-electron chi connectivity index (χ3n) is 5.48. The number of aromatic nitrogens is 2. The van der Waals surface area contributed by atoms with Crippen molar-refractivity contribution < 1.29 is 22.4 Å². The van der Waals surface area contributed by atoms with Gasteiger partial charge in [0, 0.05) is 31.4 Å². The highest BCUT2D eigenvalue weighted by Gasteiger charge is 2.29. The van der Waals surface area contributed by atoms with E-state index in [1.807, 2.05) is 11.1 Å². The zero-order valence-electron chi connectivity index (χ0n) is 17.6. The van der Waals surface area contributed by atoms with E-state index in [1.54, 1.807) is 23.0 Å². The minimum Gasteiger partial charge on any atom is -0.351 e. The minimum absolute atomic E-state index is 0.175. The molecule has 1 aliphatic rings. The SMILES string of the molecule is O=C(CN1CC=C(c2cnn(-c3ccc(F)cc3)c2)CC1)NCc1ccc(C(F)(F)F)cc1. The lowest BCUT2D eigenvalue weighted by molar-refractivity contribution is -0.137. The Morgan fingerprint density at radius 2 is 1.79 bits per heavy atom. The van der Waals surface area contributed by atoms with Crippen LogP contribution in [0.15, 0.2) is 67.0 Å². The standard InChI is InChI=1S/C24H22F4N4O/c25-21-5-7-22(8-6-21)32-15-19(14-30-32)18-9-11-31(12-10-18)16-23(33)29-13-17-1-3-20(4-2-17)24(26,27)28/h1-9,14-15H,10-13,16H2,(H,29,33). The Balaban J connectivity index is 1.27. The van der Waals surface area contributed by atoms with Gasteiger partial charge in [0.25, 0.3) is 0 Å². The van der Waals surface area contributed by atoms with Crippen molar-refractivity contribution in [3.8, 4) is 5.69 Å². The van der Waals surface area contributed by atoms with E-state index < -0.39 is 11.7 Å². The number of amides is 1. The maximum absolute atomic E-state index is 13.1. The second-order valence-corrected chi connectivity index (χ2v) is 7.84. The van der Waals surface area contributed by atoms with Gasteiger partial charge in [-0.3, -0.25) is 9.69 Å². The van der Waals surface area contributed by atoms with Crippen LogP contribution in [0.2, 0.25) is 0 Å². The van der Waals surface area contributed by atoms with Gasteiger partial charge in [-0.15, -0.1) is 0 Å². The summed E-state index contributed by atoms with van der Waals surface area (Å²) in [6.45, 7) is 1.68. The number of alkyl halides is 3. The summed E-state index contributed by atoms with van der Waals surface area (Å²) in [4.78, 5) is 14.2. The molecule has 2 heterocycles. The number of carbonyl (C=O) groups is 1. The van der Waals surface area contributed by atoms with Crippen LogP contribution < -0.4 is 5.32 Å². The molecule has 1 amide bonds. The largest absolute Gasteiger partial charge is 0.416 e. The zero-order chi connectivity index (χ0) is 23.4. The maximum Gasteiger partial charge on any atom is 0.416 e. The molecular formula is C24H22F4N4O. The third-order valence-corrected chi connectivity index (χ3v) is 5.48. The van der Waals surface area contributed by atoms with Gasteiger partial charge in [0.15, 0.2) is 0 Å². The summed E-state index contributed by atoms with van der Waals surface area (Å²) in [6.07, 6.45) is 2.09. The van der Waals surface area contributed by atoms with Crippen molar-refractivity contribution in [1.82, 2.24) is 20.0 Å². The average molecular weight is 458 g/mol. The van der Waals surface area contributed by atoms with Gasteiger partial charge in [0.2, 0.25) is 5.91 Å². The maximum atomic E-state index is 13.1. The molecule has 2 aromatic carbocycles. The summed E-state index contributed by atoms with van der Waals surface area (Å²) in [6, 6.07) is 10.8. The van der Waals surface area contributed by atoms with Gasteiger partial charge in [-0.2, -0.15) is 18.3 Å². The molecule has 1 N–H and O–H groups in total. The van der Waals surface area contributed by atoms with Gasteiger partial charge in [0.05, 0.1) is 24.0 Å². The molecular weight excluding hydrogens is 436 g/mol. The lowest BCUT2D eigenvalue weighted by Crippen LogP contribution is -2.39. The Labute approximate surface area is 188 Å². The summed E-state index contributed by atoms with van der Waals surface area (Å²) in [5, 5.41) is 7.09. The summed E-state index contributed by atoms with van der Waals surface area (Å²) < 4.78 is 52.7. The second-order valence-electron chi connectivity index (χ2n) is 7.84. The quantitative estimate of drug-likeness (QED) is 0.556. The first kappa shape index (κ1) is 22.7. The highest BCUT2D eigenvalue weighted by atomic mass is 19.4. The molecule has 0 atom stereocenters. The van der Waals surface area contributed by atoms with Crippen LogP contribution in [0.5, 0.6) is 0 Å². The van der Waals surface area contributed by atoms with Crippen molar-refractivity contribution in [3.05, 3.63) is 89.5 Å². The fourth-order valence-electron chi connectivity index (χ4n) is 3.61. The smallest absolute Gasteiger partial charge is 0.351 e. The summed E-state index contributed by atoms with van der Waals surface area (Å²) in [7, 11) is 0. The van der Waals surface area contributed by atoms with Gasteiger partial charge in [-0.25, -0.2) is 9.07 Å². The van der Waals surface area contributed by atoms with Crippen LogP contribution >= 0.6 is 0 Å². The lowest BCUT2D eigenvalue weighted by atomic mass is 10.0. The molecule has 172 valence electrons. The van der Waals surface area contributed by atoms with Crippen molar-refractivity contribution in [3.63, 3.8) is 0 Å². The highest BCUT2D eigenvalue weighted by Crippen LogP contribution is 2.29. The van der Waals surface area contributed by atoms with E-state index in [9.17, 15) is 22.4 Å². The van der Waals surface area contributed by atoms with Crippen LogP contribution in [0, 0.1) is 5.82 Å². The molecule has 0 fully saturated rings. The summed E-state index contributed by atoms with van der Waals surface area (Å²) in [5.74, 6) is -0.486. The van der Waals surface area contributed by atoms with Crippen LogP contribution in [0.1, 0.15) is 23.1 Å². The average Bonchev–Trinajstić information content (AvgIpc) is 3.29. The molecule has 0 radical (unpaired) electrons. The number of nitrogens with zero attached hydrogens (tertiary/aromatic N) is 3. The molecule has 3 aromatic rings. The topological polar surface area (TPSA) is 50.2 Å². The van der Waals surface area contributed by atoms with E-state index in [0.29, 0.717) is 18.7 Å². The van der Waals surface area contributed by atoms with Crippen molar-refractivity contribution in [1.29, 1.82) is 0 Å². The monoisotopic (exact) mass is 458 g/mol. The fourth-order valence-corrected chi connectivity index (χ4v) is 3.61. The van der Waals surface area contributed by atoms with Crippen molar-refractivity contribution in [2.75, 3.05) is 19.6 Å². The molecule has 9 heteroatoms. The number of halogens is 4. The number of nitrogens with one attached hydrogen (secondary N) is 1. The van der Waals surface area contributed by atoms with Crippen molar-refractivity contribution in [2.45, 2.75) is 19.1 Å². The van der Waals surface area contributed by atoms with Gasteiger partial charge < -0.3 is 5.32 Å². The fraction of sp³-hybridized carbons (Fsp3) is 0.250. The van der Waals surface area contributed by atoms with E-state index >= 15 is 0 Å². The van der Waals surface area contributed by atoms with Crippen molar-refractivity contribution >= 4 is 11.5 Å². The predicted molar refractivity (Wildman–Crippen MR) is 116 cm³/mol. The van der Waals surface area contributed by atoms with Gasteiger partial charge >= 0.3 is 6.18 Å². The number of rotatable bonds is 6. The van der Waals surface area contributed by atoms with Gasteiger partial charge in [-0.05, 0) is 54.0 Å². The number of carbonyl (C=O) groups excluding carboxylic acids is 1. The molecule has 0 bridgehead atoms. The highest BCUT2D eigenvalue weighted by molar-refractivity contribution is 5.78. The first-order chi connectivity index (χ1) is 15.8. The van der Waals surface area contributed by atoms with Gasteiger partial charge in [-0.1, -0.05) is 18.2 Å². The Hall–Kier alpha value is -3.46.